The Morgan fingerprint density at radius 3 is 2.00 bits per heavy atom. The second kappa shape index (κ2) is 4.78. The summed E-state index contributed by atoms with van der Waals surface area (Å²) in [6.45, 7) is 2.47. The molecule has 19 heavy (non-hydrogen) atoms. The second-order valence-corrected chi connectivity index (χ2v) is 5.03. The van der Waals surface area contributed by atoms with Gasteiger partial charge in [0.25, 0.3) is 0 Å². The van der Waals surface area contributed by atoms with Gasteiger partial charge in [-0.3, -0.25) is 0 Å². The van der Waals surface area contributed by atoms with Crippen LogP contribution in [0.5, 0.6) is 0 Å². The molecule has 8 nitrogen and oxygen atoms in total. The van der Waals surface area contributed by atoms with Crippen LogP contribution in [-0.2, 0) is 0 Å². The van der Waals surface area contributed by atoms with Crippen molar-refractivity contribution in [3.05, 3.63) is 0 Å². The molecule has 4 N–H and O–H groups in total. The predicted octanol–water partition coefficient (Wildman–Crippen LogP) is -1.40. The number of hydrogen-bond donors (Lipinski definition) is 3. The van der Waals surface area contributed by atoms with Crippen LogP contribution in [0.2, 0.25) is 0 Å². The molecule has 2 atom stereocenters. The molecule has 0 spiro atoms. The van der Waals surface area contributed by atoms with Crippen LogP contribution in [0.15, 0.2) is 0 Å². The Bertz CT molecular complexity index is 454. The van der Waals surface area contributed by atoms with Crippen LogP contribution in [0.25, 0.3) is 0 Å². The quantitative estimate of drug-likeness (QED) is 0.599. The minimum absolute atomic E-state index is 0.169. The molecule has 8 heteroatoms. The van der Waals surface area contributed by atoms with E-state index in [4.69, 9.17) is 5.73 Å². The van der Waals surface area contributed by atoms with Crippen LogP contribution < -0.4 is 15.5 Å². The molecule has 1 aromatic rings. The molecule has 0 saturated carbocycles. The highest BCUT2D eigenvalue weighted by molar-refractivity contribution is 5.45. The maximum atomic E-state index is 9.58. The van der Waals surface area contributed by atoms with Crippen molar-refractivity contribution in [1.29, 1.82) is 0 Å². The molecule has 0 bridgehead atoms. The lowest BCUT2D eigenvalue weighted by Crippen LogP contribution is -2.27. The Morgan fingerprint density at radius 2 is 1.42 bits per heavy atom. The van der Waals surface area contributed by atoms with Crippen LogP contribution in [-0.4, -0.2) is 63.6 Å². The number of aromatic nitrogens is 3. The summed E-state index contributed by atoms with van der Waals surface area (Å²) < 4.78 is 0. The van der Waals surface area contributed by atoms with E-state index in [1.165, 1.54) is 0 Å². The number of aliphatic hydroxyl groups is 2. The van der Waals surface area contributed by atoms with Crippen molar-refractivity contribution >= 4 is 17.8 Å². The smallest absolute Gasteiger partial charge is 0.232 e. The lowest BCUT2D eigenvalue weighted by molar-refractivity contribution is 0.0572. The third-order valence-electron chi connectivity index (χ3n) is 3.56. The fraction of sp³-hybridized carbons (Fsp3) is 0.727. The van der Waals surface area contributed by atoms with Crippen LogP contribution >= 0.6 is 0 Å². The summed E-state index contributed by atoms with van der Waals surface area (Å²) in [5, 5.41) is 19.2. The van der Waals surface area contributed by atoms with Crippen LogP contribution in [0.4, 0.5) is 17.8 Å². The summed E-state index contributed by atoms with van der Waals surface area (Å²) in [4.78, 5) is 16.4. The molecule has 1 aromatic heterocycles. The zero-order valence-electron chi connectivity index (χ0n) is 10.6. The highest BCUT2D eigenvalue weighted by atomic mass is 16.3. The highest BCUT2D eigenvalue weighted by Gasteiger charge is 2.32. The maximum absolute atomic E-state index is 9.58. The van der Waals surface area contributed by atoms with E-state index in [-0.39, 0.29) is 5.95 Å². The molecule has 104 valence electrons. The van der Waals surface area contributed by atoms with Gasteiger partial charge in [0.15, 0.2) is 0 Å². The molecule has 2 saturated heterocycles. The van der Waals surface area contributed by atoms with Crippen molar-refractivity contribution in [2.45, 2.75) is 25.0 Å². The Morgan fingerprint density at radius 1 is 0.895 bits per heavy atom. The van der Waals surface area contributed by atoms with Crippen molar-refractivity contribution < 1.29 is 10.2 Å². The summed E-state index contributed by atoms with van der Waals surface area (Å²) >= 11 is 0. The van der Waals surface area contributed by atoms with E-state index in [0.717, 1.165) is 25.9 Å². The van der Waals surface area contributed by atoms with E-state index in [1.54, 1.807) is 4.90 Å². The van der Waals surface area contributed by atoms with Gasteiger partial charge >= 0.3 is 0 Å². The zero-order chi connectivity index (χ0) is 13.4. The van der Waals surface area contributed by atoms with E-state index in [1.807, 2.05) is 0 Å². The summed E-state index contributed by atoms with van der Waals surface area (Å²) in [7, 11) is 0. The average molecular weight is 266 g/mol. The minimum Gasteiger partial charge on any atom is -0.388 e. The van der Waals surface area contributed by atoms with Crippen molar-refractivity contribution in [3.63, 3.8) is 0 Å². The Labute approximate surface area is 110 Å². The van der Waals surface area contributed by atoms with Crippen molar-refractivity contribution in [2.24, 2.45) is 0 Å². The highest BCUT2D eigenvalue weighted by Crippen LogP contribution is 2.22. The summed E-state index contributed by atoms with van der Waals surface area (Å²) in [5.74, 6) is 1.17. The van der Waals surface area contributed by atoms with Crippen LogP contribution in [0, 0.1) is 0 Å². The van der Waals surface area contributed by atoms with Gasteiger partial charge in [-0.15, -0.1) is 0 Å². The molecule has 2 aliphatic rings. The number of aliphatic hydroxyl groups excluding tert-OH is 2. The lowest BCUT2D eigenvalue weighted by Gasteiger charge is -2.19. The van der Waals surface area contributed by atoms with E-state index in [9.17, 15) is 10.2 Å². The van der Waals surface area contributed by atoms with Gasteiger partial charge in [-0.05, 0) is 12.8 Å². The SMILES string of the molecule is Nc1nc(N2CCCC2)nc(N2CC(O)C(O)C2)n1. The Balaban J connectivity index is 1.85. The summed E-state index contributed by atoms with van der Waals surface area (Å²) in [6.07, 6.45) is 0.714. The van der Waals surface area contributed by atoms with Gasteiger partial charge < -0.3 is 25.7 Å². The Hall–Kier alpha value is -1.67. The summed E-state index contributed by atoms with van der Waals surface area (Å²) in [5.41, 5.74) is 5.72. The number of nitrogen functional groups attached to an aromatic ring is 1. The number of rotatable bonds is 2. The first kappa shape index (κ1) is 12.4. The summed E-state index contributed by atoms with van der Waals surface area (Å²) in [6, 6.07) is 0. The third-order valence-corrected chi connectivity index (χ3v) is 3.56. The van der Waals surface area contributed by atoms with Crippen molar-refractivity contribution in [1.82, 2.24) is 15.0 Å². The first-order valence-corrected chi connectivity index (χ1v) is 6.51. The monoisotopic (exact) mass is 266 g/mol. The molecule has 2 unspecified atom stereocenters. The number of β-amino-alcohol motifs (C(OH)–C–C–N with tert-alkyl or cyclic N) is 2. The van der Waals surface area contributed by atoms with Gasteiger partial charge in [-0.25, -0.2) is 0 Å². The second-order valence-electron chi connectivity index (χ2n) is 5.03. The van der Waals surface area contributed by atoms with Gasteiger partial charge in [0, 0.05) is 26.2 Å². The lowest BCUT2D eigenvalue weighted by atomic mass is 10.3. The molecule has 2 aliphatic heterocycles. The third kappa shape index (κ3) is 2.41. The van der Waals surface area contributed by atoms with Gasteiger partial charge in [0.05, 0.1) is 12.2 Å². The molecule has 0 amide bonds. The minimum atomic E-state index is -0.770. The molecule has 3 heterocycles. The van der Waals surface area contributed by atoms with E-state index < -0.39 is 12.2 Å². The van der Waals surface area contributed by atoms with Crippen LogP contribution in [0.3, 0.4) is 0 Å². The zero-order valence-corrected chi connectivity index (χ0v) is 10.6. The number of nitrogens with zero attached hydrogens (tertiary/aromatic N) is 5. The molecular weight excluding hydrogens is 248 g/mol. The maximum Gasteiger partial charge on any atom is 0.232 e. The standard InChI is InChI=1S/C11H18N6O2/c12-9-13-10(16-3-1-2-4-16)15-11(14-9)17-5-7(18)8(19)6-17/h7-8,18-19H,1-6H2,(H2,12,13,14,15). The Kier molecular flexibility index (Phi) is 3.11. The van der Waals surface area contributed by atoms with Crippen molar-refractivity contribution in [2.75, 3.05) is 41.7 Å². The topological polar surface area (TPSA) is 112 Å². The number of anilines is 3. The molecule has 2 fully saturated rings. The predicted molar refractivity (Wildman–Crippen MR) is 69.9 cm³/mol. The van der Waals surface area contributed by atoms with Crippen molar-refractivity contribution in [3.8, 4) is 0 Å². The fourth-order valence-electron chi connectivity index (χ4n) is 2.50. The molecule has 0 aromatic carbocycles. The van der Waals surface area contributed by atoms with Gasteiger partial charge in [-0.2, -0.15) is 15.0 Å². The largest absolute Gasteiger partial charge is 0.388 e. The molecule has 0 radical (unpaired) electrons. The first-order chi connectivity index (χ1) is 9.13. The molecule has 0 aliphatic carbocycles. The van der Waals surface area contributed by atoms with Gasteiger partial charge in [0.1, 0.15) is 0 Å². The first-order valence-electron chi connectivity index (χ1n) is 6.51. The molecular formula is C11H18N6O2. The van der Waals surface area contributed by atoms with Gasteiger partial charge in [-0.1, -0.05) is 0 Å². The van der Waals surface area contributed by atoms with E-state index in [0.29, 0.717) is 25.0 Å². The number of hydrogen-bond acceptors (Lipinski definition) is 8. The molecule has 3 rings (SSSR count). The average Bonchev–Trinajstić information content (AvgIpc) is 3.00. The fourth-order valence-corrected chi connectivity index (χ4v) is 2.50. The van der Waals surface area contributed by atoms with Crippen LogP contribution in [0.1, 0.15) is 12.8 Å². The number of nitrogens with two attached hydrogens (primary N) is 1. The van der Waals surface area contributed by atoms with E-state index in [2.05, 4.69) is 19.9 Å². The van der Waals surface area contributed by atoms with Gasteiger partial charge in [0.2, 0.25) is 17.8 Å². The van der Waals surface area contributed by atoms with E-state index >= 15 is 0 Å². The normalized spacial score (nSPS) is 27.3.